The van der Waals surface area contributed by atoms with Gasteiger partial charge in [-0.2, -0.15) is 0 Å². The highest BCUT2D eigenvalue weighted by Crippen LogP contribution is 2.22. The van der Waals surface area contributed by atoms with E-state index < -0.39 is 0 Å². The number of rotatable bonds is 6. The largest absolute Gasteiger partial charge is 0.497 e. The van der Waals surface area contributed by atoms with Gasteiger partial charge in [-0.15, -0.1) is 0 Å². The number of benzene rings is 1. The first kappa shape index (κ1) is 13.7. The number of ether oxygens (including phenoxy) is 1. The van der Waals surface area contributed by atoms with E-state index in [4.69, 9.17) is 9.15 Å². The number of hydrogen-bond acceptors (Lipinski definition) is 3. The minimum atomic E-state index is 0.333. The number of methoxy groups -OCH3 is 1. The first-order valence-corrected chi connectivity index (χ1v) is 6.58. The summed E-state index contributed by atoms with van der Waals surface area (Å²) in [6.45, 7) is 1.97. The third kappa shape index (κ3) is 3.61. The molecular weight excluding hydrogens is 238 g/mol. The monoisotopic (exact) mass is 259 g/mol. The van der Waals surface area contributed by atoms with Crippen molar-refractivity contribution < 1.29 is 9.15 Å². The zero-order valence-corrected chi connectivity index (χ0v) is 11.8. The lowest BCUT2D eigenvalue weighted by Crippen LogP contribution is -2.16. The maximum absolute atomic E-state index is 5.37. The van der Waals surface area contributed by atoms with Gasteiger partial charge in [0.2, 0.25) is 0 Å². The van der Waals surface area contributed by atoms with Crippen molar-refractivity contribution in [1.82, 2.24) is 5.32 Å². The predicted molar refractivity (Wildman–Crippen MR) is 76.6 cm³/mol. The van der Waals surface area contributed by atoms with Crippen LogP contribution in [0.2, 0.25) is 0 Å². The van der Waals surface area contributed by atoms with Crippen LogP contribution in [0.5, 0.6) is 5.75 Å². The van der Waals surface area contributed by atoms with Gasteiger partial charge in [-0.3, -0.25) is 0 Å². The Hall–Kier alpha value is -1.74. The van der Waals surface area contributed by atoms with Crippen LogP contribution in [0.25, 0.3) is 0 Å². The van der Waals surface area contributed by atoms with Gasteiger partial charge in [-0.25, -0.2) is 0 Å². The summed E-state index contributed by atoms with van der Waals surface area (Å²) in [4.78, 5) is 0. The molecule has 0 aliphatic carbocycles. The predicted octanol–water partition coefficient (Wildman–Crippen LogP) is 3.49. The molecule has 0 amide bonds. The summed E-state index contributed by atoms with van der Waals surface area (Å²) in [5.41, 5.74) is 2.54. The molecule has 3 heteroatoms. The second-order valence-electron chi connectivity index (χ2n) is 4.72. The van der Waals surface area contributed by atoms with E-state index in [1.54, 1.807) is 7.11 Å². The second-order valence-corrected chi connectivity index (χ2v) is 4.72. The molecule has 0 bridgehead atoms. The molecular formula is C16H21NO2. The van der Waals surface area contributed by atoms with E-state index >= 15 is 0 Å². The lowest BCUT2D eigenvalue weighted by atomic mass is 10.0. The van der Waals surface area contributed by atoms with Crippen LogP contribution in [0, 0.1) is 6.92 Å². The van der Waals surface area contributed by atoms with Crippen molar-refractivity contribution in [2.24, 2.45) is 0 Å². The van der Waals surface area contributed by atoms with Crippen LogP contribution in [0.15, 0.2) is 41.0 Å². The first-order valence-electron chi connectivity index (χ1n) is 6.58. The summed E-state index contributed by atoms with van der Waals surface area (Å²) < 4.78 is 10.5. The van der Waals surface area contributed by atoms with Crippen LogP contribution < -0.4 is 10.1 Å². The fraction of sp³-hybridized carbons (Fsp3) is 0.375. The fourth-order valence-corrected chi connectivity index (χ4v) is 2.23. The maximum Gasteiger partial charge on any atom is 0.118 e. The van der Waals surface area contributed by atoms with E-state index in [0.717, 1.165) is 24.4 Å². The van der Waals surface area contributed by atoms with E-state index in [1.807, 2.05) is 32.4 Å². The molecule has 1 aromatic heterocycles. The Labute approximate surface area is 114 Å². The number of aryl methyl sites for hydroxylation is 2. The molecule has 0 saturated heterocycles. The molecule has 1 unspecified atom stereocenters. The molecule has 19 heavy (non-hydrogen) atoms. The minimum Gasteiger partial charge on any atom is -0.497 e. The van der Waals surface area contributed by atoms with Gasteiger partial charge in [0.25, 0.3) is 0 Å². The van der Waals surface area contributed by atoms with Crippen LogP contribution in [-0.4, -0.2) is 14.2 Å². The van der Waals surface area contributed by atoms with Crippen LogP contribution in [0.1, 0.15) is 29.3 Å². The van der Waals surface area contributed by atoms with E-state index in [-0.39, 0.29) is 0 Å². The molecule has 2 aromatic rings. The molecule has 0 aliphatic heterocycles. The van der Waals surface area contributed by atoms with Gasteiger partial charge in [0.05, 0.1) is 13.4 Å². The van der Waals surface area contributed by atoms with Crippen molar-refractivity contribution >= 4 is 0 Å². The lowest BCUT2D eigenvalue weighted by Gasteiger charge is -2.14. The van der Waals surface area contributed by atoms with Crippen molar-refractivity contribution in [3.05, 3.63) is 53.5 Å². The van der Waals surface area contributed by atoms with Gasteiger partial charge in [-0.05, 0) is 50.6 Å². The standard InChI is InChI=1S/C16H21NO2/c1-12-10-14(11-19-12)16(17-2)9-6-13-4-7-15(18-3)8-5-13/h4-5,7-8,10-11,16-17H,6,9H2,1-3H3. The van der Waals surface area contributed by atoms with Gasteiger partial charge in [-0.1, -0.05) is 12.1 Å². The second kappa shape index (κ2) is 6.43. The quantitative estimate of drug-likeness (QED) is 0.862. The van der Waals surface area contributed by atoms with E-state index in [2.05, 4.69) is 23.5 Å². The smallest absolute Gasteiger partial charge is 0.118 e. The van der Waals surface area contributed by atoms with Crippen molar-refractivity contribution in [3.8, 4) is 5.75 Å². The summed E-state index contributed by atoms with van der Waals surface area (Å²) >= 11 is 0. The molecule has 0 radical (unpaired) electrons. The zero-order chi connectivity index (χ0) is 13.7. The maximum atomic E-state index is 5.37. The van der Waals surface area contributed by atoms with Crippen molar-refractivity contribution in [2.45, 2.75) is 25.8 Å². The zero-order valence-electron chi connectivity index (χ0n) is 11.8. The highest BCUT2D eigenvalue weighted by Gasteiger charge is 2.11. The highest BCUT2D eigenvalue weighted by molar-refractivity contribution is 5.27. The third-order valence-corrected chi connectivity index (χ3v) is 3.38. The summed E-state index contributed by atoms with van der Waals surface area (Å²) in [7, 11) is 3.67. The Morgan fingerprint density at radius 2 is 2.00 bits per heavy atom. The van der Waals surface area contributed by atoms with Crippen LogP contribution in [0.3, 0.4) is 0 Å². The van der Waals surface area contributed by atoms with E-state index in [0.29, 0.717) is 6.04 Å². The average Bonchev–Trinajstić information content (AvgIpc) is 2.87. The minimum absolute atomic E-state index is 0.333. The topological polar surface area (TPSA) is 34.4 Å². The summed E-state index contributed by atoms with van der Waals surface area (Å²) in [6, 6.07) is 10.7. The van der Waals surface area contributed by atoms with E-state index in [1.165, 1.54) is 11.1 Å². The third-order valence-electron chi connectivity index (χ3n) is 3.38. The Kier molecular flexibility index (Phi) is 4.63. The lowest BCUT2D eigenvalue weighted by molar-refractivity contribution is 0.414. The molecule has 0 spiro atoms. The van der Waals surface area contributed by atoms with Gasteiger partial charge >= 0.3 is 0 Å². The molecule has 0 fully saturated rings. The first-order chi connectivity index (χ1) is 9.22. The van der Waals surface area contributed by atoms with Crippen molar-refractivity contribution in [1.29, 1.82) is 0 Å². The molecule has 0 saturated carbocycles. The van der Waals surface area contributed by atoms with Gasteiger partial charge < -0.3 is 14.5 Å². The normalized spacial score (nSPS) is 12.4. The van der Waals surface area contributed by atoms with Gasteiger partial charge in [0, 0.05) is 11.6 Å². The van der Waals surface area contributed by atoms with Crippen LogP contribution in [0.4, 0.5) is 0 Å². The average molecular weight is 259 g/mol. The van der Waals surface area contributed by atoms with Crippen LogP contribution in [-0.2, 0) is 6.42 Å². The molecule has 1 N–H and O–H groups in total. The van der Waals surface area contributed by atoms with Gasteiger partial charge in [0.15, 0.2) is 0 Å². The van der Waals surface area contributed by atoms with Crippen LogP contribution >= 0.6 is 0 Å². The molecule has 2 rings (SSSR count). The molecule has 1 atom stereocenters. The fourth-order valence-electron chi connectivity index (χ4n) is 2.23. The van der Waals surface area contributed by atoms with E-state index in [9.17, 15) is 0 Å². The Morgan fingerprint density at radius 3 is 2.53 bits per heavy atom. The summed E-state index contributed by atoms with van der Waals surface area (Å²) in [5, 5.41) is 3.34. The Bertz CT molecular complexity index is 502. The summed E-state index contributed by atoms with van der Waals surface area (Å²) in [5.74, 6) is 1.86. The molecule has 1 aromatic carbocycles. The Morgan fingerprint density at radius 1 is 1.26 bits per heavy atom. The number of hydrogen-bond donors (Lipinski definition) is 1. The number of nitrogens with one attached hydrogen (secondary N) is 1. The molecule has 102 valence electrons. The molecule has 3 nitrogen and oxygen atoms in total. The number of furan rings is 1. The SMILES string of the molecule is CNC(CCc1ccc(OC)cc1)c1coc(C)c1. The molecule has 0 aliphatic rings. The molecule has 1 heterocycles. The van der Waals surface area contributed by atoms with Crippen molar-refractivity contribution in [3.63, 3.8) is 0 Å². The Balaban J connectivity index is 1.95. The highest BCUT2D eigenvalue weighted by atomic mass is 16.5. The van der Waals surface area contributed by atoms with Crippen molar-refractivity contribution in [2.75, 3.05) is 14.2 Å². The van der Waals surface area contributed by atoms with Gasteiger partial charge in [0.1, 0.15) is 11.5 Å². The summed E-state index contributed by atoms with van der Waals surface area (Å²) in [6.07, 6.45) is 3.91.